The number of hydrogen-bond acceptors (Lipinski definition) is 6. The van der Waals surface area contributed by atoms with Gasteiger partial charge in [0.1, 0.15) is 5.00 Å². The molecule has 0 saturated carbocycles. The van der Waals surface area contributed by atoms with Crippen molar-refractivity contribution in [2.75, 3.05) is 19.5 Å². The summed E-state index contributed by atoms with van der Waals surface area (Å²) < 4.78 is 9.17. The molecule has 1 aromatic rings. The van der Waals surface area contributed by atoms with Gasteiger partial charge in [0, 0.05) is 11.3 Å². The Kier molecular flexibility index (Phi) is 5.69. The maximum atomic E-state index is 11.8. The first-order valence-electron chi connectivity index (χ1n) is 5.95. The van der Waals surface area contributed by atoms with Gasteiger partial charge in [0.15, 0.2) is 0 Å². The molecule has 0 aliphatic rings. The zero-order valence-electron chi connectivity index (χ0n) is 11.9. The van der Waals surface area contributed by atoms with Gasteiger partial charge in [0.25, 0.3) is 0 Å². The van der Waals surface area contributed by atoms with Crippen molar-refractivity contribution < 1.29 is 23.9 Å². The molecule has 1 rings (SSSR count). The minimum Gasteiger partial charge on any atom is -0.469 e. The van der Waals surface area contributed by atoms with Gasteiger partial charge in [-0.3, -0.25) is 9.59 Å². The summed E-state index contributed by atoms with van der Waals surface area (Å²) in [4.78, 5) is 35.4. The van der Waals surface area contributed by atoms with Gasteiger partial charge in [0.2, 0.25) is 5.91 Å². The van der Waals surface area contributed by atoms with Gasteiger partial charge < -0.3 is 14.8 Å². The average Bonchev–Trinajstić information content (AvgIpc) is 2.70. The molecule has 6 nitrogen and oxygen atoms in total. The molecule has 20 heavy (non-hydrogen) atoms. The minimum atomic E-state index is -0.491. The highest BCUT2D eigenvalue weighted by atomic mass is 32.1. The van der Waals surface area contributed by atoms with E-state index in [1.807, 2.05) is 6.92 Å². The van der Waals surface area contributed by atoms with Crippen molar-refractivity contribution >= 4 is 34.2 Å². The molecule has 7 heteroatoms. The predicted octanol–water partition coefficient (Wildman–Crippen LogP) is 2.04. The van der Waals surface area contributed by atoms with Gasteiger partial charge in [-0.25, -0.2) is 4.79 Å². The van der Waals surface area contributed by atoms with E-state index in [2.05, 4.69) is 10.1 Å². The number of thiophene rings is 1. The predicted molar refractivity (Wildman–Crippen MR) is 75.0 cm³/mol. The number of methoxy groups -OCH3 is 2. The smallest absolute Gasteiger partial charge is 0.341 e. The number of hydrogen-bond donors (Lipinski definition) is 1. The largest absolute Gasteiger partial charge is 0.469 e. The molecule has 0 aliphatic heterocycles. The average molecular weight is 299 g/mol. The Bertz CT molecular complexity index is 535. The summed E-state index contributed by atoms with van der Waals surface area (Å²) in [6, 6.07) is 0. The molecule has 0 saturated heterocycles. The molecule has 0 aliphatic carbocycles. The second-order valence-corrected chi connectivity index (χ2v) is 5.33. The summed E-state index contributed by atoms with van der Waals surface area (Å²) in [5, 5.41) is 3.08. The van der Waals surface area contributed by atoms with Crippen molar-refractivity contribution in [2.24, 2.45) is 0 Å². The van der Waals surface area contributed by atoms with Crippen molar-refractivity contribution in [3.05, 3.63) is 16.0 Å². The first-order valence-corrected chi connectivity index (χ1v) is 6.77. The molecule has 0 radical (unpaired) electrons. The van der Waals surface area contributed by atoms with Crippen LogP contribution < -0.4 is 5.32 Å². The van der Waals surface area contributed by atoms with Crippen molar-refractivity contribution in [1.82, 2.24) is 0 Å². The lowest BCUT2D eigenvalue weighted by molar-refractivity contribution is -0.141. The zero-order valence-corrected chi connectivity index (χ0v) is 12.7. The number of aryl methyl sites for hydroxylation is 1. The van der Waals surface area contributed by atoms with Crippen LogP contribution in [0.5, 0.6) is 0 Å². The topological polar surface area (TPSA) is 81.7 Å². The molecule has 0 bridgehead atoms. The van der Waals surface area contributed by atoms with Gasteiger partial charge in [-0.2, -0.15) is 0 Å². The summed E-state index contributed by atoms with van der Waals surface area (Å²) >= 11 is 1.30. The summed E-state index contributed by atoms with van der Waals surface area (Å²) in [7, 11) is 2.55. The number of rotatable bonds is 5. The van der Waals surface area contributed by atoms with E-state index in [0.29, 0.717) is 10.6 Å². The summed E-state index contributed by atoms with van der Waals surface area (Å²) in [6.07, 6.45) is 0.00249. The van der Waals surface area contributed by atoms with E-state index < -0.39 is 11.9 Å². The third kappa shape index (κ3) is 3.80. The van der Waals surface area contributed by atoms with Gasteiger partial charge in [-0.05, 0) is 19.4 Å². The van der Waals surface area contributed by atoms with Crippen molar-refractivity contribution in [1.29, 1.82) is 0 Å². The maximum Gasteiger partial charge on any atom is 0.341 e. The molecule has 0 fully saturated rings. The van der Waals surface area contributed by atoms with E-state index in [1.54, 1.807) is 6.92 Å². The highest BCUT2D eigenvalue weighted by Crippen LogP contribution is 2.33. The Morgan fingerprint density at radius 3 is 2.30 bits per heavy atom. The van der Waals surface area contributed by atoms with Gasteiger partial charge in [-0.15, -0.1) is 11.3 Å². The van der Waals surface area contributed by atoms with Crippen molar-refractivity contribution in [2.45, 2.75) is 26.7 Å². The van der Waals surface area contributed by atoms with Crippen LogP contribution in [0.1, 0.15) is 33.6 Å². The molecule has 1 amide bonds. The quantitative estimate of drug-likeness (QED) is 0.841. The number of ether oxygens (including phenoxy) is 2. The van der Waals surface area contributed by atoms with E-state index in [1.165, 1.54) is 25.6 Å². The number of amides is 1. The number of esters is 2. The fourth-order valence-corrected chi connectivity index (χ4v) is 2.63. The van der Waals surface area contributed by atoms with E-state index >= 15 is 0 Å². The molecule has 1 aromatic heterocycles. The molecule has 0 spiro atoms. The highest BCUT2D eigenvalue weighted by molar-refractivity contribution is 7.16. The molecule has 0 atom stereocenters. The van der Waals surface area contributed by atoms with Gasteiger partial charge in [0.05, 0.1) is 26.2 Å². The minimum absolute atomic E-state index is 0.000763. The Hall–Kier alpha value is -1.89. The van der Waals surface area contributed by atoms with E-state index in [9.17, 15) is 14.4 Å². The second kappa shape index (κ2) is 7.04. The van der Waals surface area contributed by atoms with Crippen LogP contribution in [-0.2, 0) is 19.1 Å². The van der Waals surface area contributed by atoms with Gasteiger partial charge in [-0.1, -0.05) is 0 Å². The number of nitrogens with one attached hydrogen (secondary N) is 1. The van der Waals surface area contributed by atoms with Gasteiger partial charge >= 0.3 is 11.9 Å². The van der Waals surface area contributed by atoms with Crippen molar-refractivity contribution in [3.63, 3.8) is 0 Å². The first-order chi connectivity index (χ1) is 9.40. The second-order valence-electron chi connectivity index (χ2n) is 4.10. The van der Waals surface area contributed by atoms with Crippen LogP contribution in [0.3, 0.4) is 0 Å². The molecular formula is C13H17NO5S. The van der Waals surface area contributed by atoms with Crippen LogP contribution in [0.25, 0.3) is 0 Å². The molecule has 0 aromatic carbocycles. The lowest BCUT2D eigenvalue weighted by Crippen LogP contribution is -2.15. The lowest BCUT2D eigenvalue weighted by Gasteiger charge is -2.05. The summed E-state index contributed by atoms with van der Waals surface area (Å²) in [6.45, 7) is 3.65. The molecule has 110 valence electrons. The van der Waals surface area contributed by atoms with E-state index in [-0.39, 0.29) is 18.7 Å². The van der Waals surface area contributed by atoms with Crippen LogP contribution in [0.15, 0.2) is 0 Å². The zero-order chi connectivity index (χ0) is 15.3. The fourth-order valence-electron chi connectivity index (χ4n) is 1.57. The Morgan fingerprint density at radius 2 is 1.75 bits per heavy atom. The third-order valence-electron chi connectivity index (χ3n) is 2.81. The number of carbonyl (C=O) groups is 3. The number of anilines is 1. The molecule has 0 unspecified atom stereocenters. The van der Waals surface area contributed by atoms with Crippen LogP contribution >= 0.6 is 11.3 Å². The normalized spacial score (nSPS) is 10.0. The number of carbonyl (C=O) groups excluding carboxylic acids is 3. The molecule has 1 N–H and O–H groups in total. The Labute approximate surface area is 121 Å². The SMILES string of the molecule is COC(=O)CCC(=O)Nc1sc(C)c(C)c1C(=O)OC. The summed E-state index contributed by atoms with van der Waals surface area (Å²) in [5.41, 5.74) is 1.14. The maximum absolute atomic E-state index is 11.8. The Balaban J connectivity index is 2.82. The van der Waals surface area contributed by atoms with Crippen LogP contribution in [0.4, 0.5) is 5.00 Å². The van der Waals surface area contributed by atoms with E-state index in [0.717, 1.165) is 10.4 Å². The Morgan fingerprint density at radius 1 is 1.10 bits per heavy atom. The first kappa shape index (κ1) is 16.2. The van der Waals surface area contributed by atoms with Crippen molar-refractivity contribution in [3.8, 4) is 0 Å². The monoisotopic (exact) mass is 299 g/mol. The standard InChI is InChI=1S/C13H17NO5S/c1-7-8(2)20-12(11(7)13(17)19-4)14-9(15)5-6-10(16)18-3/h5-6H2,1-4H3,(H,14,15). The lowest BCUT2D eigenvalue weighted by atomic mass is 10.1. The highest BCUT2D eigenvalue weighted by Gasteiger charge is 2.21. The molecule has 1 heterocycles. The van der Waals surface area contributed by atoms with Crippen LogP contribution in [0, 0.1) is 13.8 Å². The van der Waals surface area contributed by atoms with Crippen LogP contribution in [0.2, 0.25) is 0 Å². The fraction of sp³-hybridized carbons (Fsp3) is 0.462. The molecular weight excluding hydrogens is 282 g/mol. The summed E-state index contributed by atoms with van der Waals surface area (Å²) in [5.74, 6) is -1.29. The van der Waals surface area contributed by atoms with Crippen LogP contribution in [-0.4, -0.2) is 32.1 Å². The third-order valence-corrected chi connectivity index (χ3v) is 3.93. The van der Waals surface area contributed by atoms with E-state index in [4.69, 9.17) is 4.74 Å².